The number of nitrogens with zero attached hydrogens (tertiary/aromatic N) is 2. The number of rotatable bonds is 4. The van der Waals surface area contributed by atoms with Gasteiger partial charge >= 0.3 is 0 Å². The number of aromatic nitrogens is 2. The smallest absolute Gasteiger partial charge is 0.0648 e. The molecule has 1 N–H and O–H groups in total. The maximum Gasteiger partial charge on any atom is 0.0648 e. The molecule has 0 aliphatic carbocycles. The van der Waals surface area contributed by atoms with Crippen LogP contribution in [0.25, 0.3) is 16.8 Å². The summed E-state index contributed by atoms with van der Waals surface area (Å²) in [6.45, 7) is 0.131. The zero-order chi connectivity index (χ0) is 14.7. The van der Waals surface area contributed by atoms with E-state index in [4.69, 9.17) is 0 Å². The van der Waals surface area contributed by atoms with Crippen LogP contribution in [0.15, 0.2) is 65.4 Å². The maximum absolute atomic E-state index is 9.33. The monoisotopic (exact) mass is 342 g/mol. The summed E-state index contributed by atoms with van der Waals surface area (Å²) in [4.78, 5) is 0. The highest BCUT2D eigenvalue weighted by Gasteiger charge is 2.07. The fourth-order valence-electron chi connectivity index (χ4n) is 2.38. The standard InChI is InChI=1S/C17H15BrN2O/c18-15-4-2-13(3-5-15)17-7-6-16(12-14(17)8-11-21)20-10-1-9-19-20/h1-7,9-10,12,21H,8,11H2. The second-order valence-corrected chi connectivity index (χ2v) is 5.69. The van der Waals surface area contributed by atoms with Gasteiger partial charge in [-0.2, -0.15) is 5.10 Å². The van der Waals surface area contributed by atoms with Crippen LogP contribution in [0.5, 0.6) is 0 Å². The van der Waals surface area contributed by atoms with Gasteiger partial charge in [0.2, 0.25) is 0 Å². The molecule has 3 rings (SSSR count). The highest BCUT2D eigenvalue weighted by Crippen LogP contribution is 2.27. The van der Waals surface area contributed by atoms with Crippen molar-refractivity contribution in [2.24, 2.45) is 0 Å². The van der Waals surface area contributed by atoms with Crippen molar-refractivity contribution in [2.45, 2.75) is 6.42 Å². The van der Waals surface area contributed by atoms with Gasteiger partial charge in [0, 0.05) is 23.5 Å². The van der Waals surface area contributed by atoms with Gasteiger partial charge in [0.05, 0.1) is 5.69 Å². The predicted molar refractivity (Wildman–Crippen MR) is 87.5 cm³/mol. The molecule has 0 saturated carbocycles. The number of benzene rings is 2. The number of halogens is 1. The molecule has 106 valence electrons. The molecule has 4 heteroatoms. The van der Waals surface area contributed by atoms with Crippen molar-refractivity contribution in [3.8, 4) is 16.8 Å². The second-order valence-electron chi connectivity index (χ2n) is 4.77. The van der Waals surface area contributed by atoms with Crippen molar-refractivity contribution in [1.82, 2.24) is 9.78 Å². The van der Waals surface area contributed by atoms with Crippen LogP contribution in [0.4, 0.5) is 0 Å². The van der Waals surface area contributed by atoms with E-state index in [9.17, 15) is 5.11 Å². The van der Waals surface area contributed by atoms with Crippen LogP contribution in [0, 0.1) is 0 Å². The van der Waals surface area contributed by atoms with E-state index in [1.165, 1.54) is 0 Å². The SMILES string of the molecule is OCCc1cc(-n2cccn2)ccc1-c1ccc(Br)cc1. The molecule has 0 aliphatic heterocycles. The number of aliphatic hydroxyl groups is 1. The van der Waals surface area contributed by atoms with Gasteiger partial charge < -0.3 is 5.11 Å². The summed E-state index contributed by atoms with van der Waals surface area (Å²) in [5.41, 5.74) is 4.42. The molecule has 0 bridgehead atoms. The highest BCUT2D eigenvalue weighted by molar-refractivity contribution is 9.10. The van der Waals surface area contributed by atoms with Gasteiger partial charge in [-0.05, 0) is 53.4 Å². The normalized spacial score (nSPS) is 10.8. The molecular formula is C17H15BrN2O. The van der Waals surface area contributed by atoms with Crippen LogP contribution in [-0.4, -0.2) is 21.5 Å². The summed E-state index contributed by atoms with van der Waals surface area (Å²) < 4.78 is 2.88. The number of hydrogen-bond acceptors (Lipinski definition) is 2. The number of hydrogen-bond donors (Lipinski definition) is 1. The molecule has 21 heavy (non-hydrogen) atoms. The van der Waals surface area contributed by atoms with E-state index >= 15 is 0 Å². The van der Waals surface area contributed by atoms with Crippen LogP contribution < -0.4 is 0 Å². The molecule has 0 unspecified atom stereocenters. The van der Waals surface area contributed by atoms with E-state index in [0.29, 0.717) is 6.42 Å². The van der Waals surface area contributed by atoms with E-state index in [2.05, 4.69) is 45.3 Å². The fraction of sp³-hybridized carbons (Fsp3) is 0.118. The van der Waals surface area contributed by atoms with E-state index in [1.54, 1.807) is 6.20 Å². The minimum absolute atomic E-state index is 0.131. The van der Waals surface area contributed by atoms with E-state index in [-0.39, 0.29) is 6.61 Å². The van der Waals surface area contributed by atoms with Gasteiger partial charge in [0.15, 0.2) is 0 Å². The molecule has 0 saturated heterocycles. The molecule has 1 aromatic heterocycles. The minimum atomic E-state index is 0.131. The lowest BCUT2D eigenvalue weighted by Crippen LogP contribution is -1.99. The van der Waals surface area contributed by atoms with E-state index < -0.39 is 0 Å². The average molecular weight is 343 g/mol. The molecule has 3 nitrogen and oxygen atoms in total. The van der Waals surface area contributed by atoms with Crippen LogP contribution in [0.2, 0.25) is 0 Å². The summed E-state index contributed by atoms with van der Waals surface area (Å²) >= 11 is 3.45. The van der Waals surface area contributed by atoms with E-state index in [1.807, 2.05) is 35.1 Å². The Hall–Kier alpha value is -1.91. The van der Waals surface area contributed by atoms with Crippen LogP contribution in [-0.2, 0) is 6.42 Å². The minimum Gasteiger partial charge on any atom is -0.396 e. The largest absolute Gasteiger partial charge is 0.396 e. The Kier molecular flexibility index (Phi) is 4.18. The molecular weight excluding hydrogens is 328 g/mol. The quantitative estimate of drug-likeness (QED) is 0.782. The van der Waals surface area contributed by atoms with Gasteiger partial charge in [0.25, 0.3) is 0 Å². The van der Waals surface area contributed by atoms with Gasteiger partial charge in [-0.1, -0.05) is 34.1 Å². The Morgan fingerprint density at radius 2 is 1.90 bits per heavy atom. The fourth-order valence-corrected chi connectivity index (χ4v) is 2.65. The molecule has 1 heterocycles. The Bertz CT molecular complexity index is 721. The Morgan fingerprint density at radius 1 is 1.10 bits per heavy atom. The first-order chi connectivity index (χ1) is 10.3. The summed E-state index contributed by atoms with van der Waals surface area (Å²) in [7, 11) is 0. The molecule has 0 atom stereocenters. The number of aliphatic hydroxyl groups excluding tert-OH is 1. The second kappa shape index (κ2) is 6.24. The first kappa shape index (κ1) is 14.0. The van der Waals surface area contributed by atoms with Gasteiger partial charge in [-0.25, -0.2) is 4.68 Å². The predicted octanol–water partition coefficient (Wildman–Crippen LogP) is 3.84. The lowest BCUT2D eigenvalue weighted by atomic mass is 9.97. The highest BCUT2D eigenvalue weighted by atomic mass is 79.9. The topological polar surface area (TPSA) is 38.0 Å². The van der Waals surface area contributed by atoms with Crippen molar-refractivity contribution in [3.63, 3.8) is 0 Å². The lowest BCUT2D eigenvalue weighted by molar-refractivity contribution is 0.300. The lowest BCUT2D eigenvalue weighted by Gasteiger charge is -2.12. The Labute approximate surface area is 132 Å². The summed E-state index contributed by atoms with van der Waals surface area (Å²) in [5, 5.41) is 13.6. The molecule has 0 aliphatic rings. The molecule has 0 radical (unpaired) electrons. The summed E-state index contributed by atoms with van der Waals surface area (Å²) in [5.74, 6) is 0. The third-order valence-corrected chi connectivity index (χ3v) is 3.92. The third kappa shape index (κ3) is 3.06. The van der Waals surface area contributed by atoms with Crippen molar-refractivity contribution >= 4 is 15.9 Å². The third-order valence-electron chi connectivity index (χ3n) is 3.39. The van der Waals surface area contributed by atoms with E-state index in [0.717, 1.165) is 26.9 Å². The average Bonchev–Trinajstić information content (AvgIpc) is 3.03. The van der Waals surface area contributed by atoms with Crippen molar-refractivity contribution < 1.29 is 5.11 Å². The molecule has 2 aromatic carbocycles. The zero-order valence-electron chi connectivity index (χ0n) is 11.4. The molecule has 0 fully saturated rings. The van der Waals surface area contributed by atoms with Crippen molar-refractivity contribution in [1.29, 1.82) is 0 Å². The van der Waals surface area contributed by atoms with Crippen LogP contribution in [0.3, 0.4) is 0 Å². The molecule has 3 aromatic rings. The summed E-state index contributed by atoms with van der Waals surface area (Å²) in [6.07, 6.45) is 4.30. The van der Waals surface area contributed by atoms with Crippen LogP contribution in [0.1, 0.15) is 5.56 Å². The summed E-state index contributed by atoms with van der Waals surface area (Å²) in [6, 6.07) is 16.3. The Morgan fingerprint density at radius 3 is 2.57 bits per heavy atom. The van der Waals surface area contributed by atoms with Gasteiger partial charge in [-0.3, -0.25) is 0 Å². The van der Waals surface area contributed by atoms with Crippen molar-refractivity contribution in [3.05, 3.63) is 71.0 Å². The first-order valence-corrected chi connectivity index (χ1v) is 7.57. The van der Waals surface area contributed by atoms with Gasteiger partial charge in [-0.15, -0.1) is 0 Å². The van der Waals surface area contributed by atoms with Gasteiger partial charge in [0.1, 0.15) is 0 Å². The van der Waals surface area contributed by atoms with Crippen LogP contribution >= 0.6 is 15.9 Å². The maximum atomic E-state index is 9.33. The van der Waals surface area contributed by atoms with Crippen molar-refractivity contribution in [2.75, 3.05) is 6.61 Å². The molecule has 0 spiro atoms. The molecule has 0 amide bonds. The Balaban J connectivity index is 2.06. The zero-order valence-corrected chi connectivity index (χ0v) is 13.0. The first-order valence-electron chi connectivity index (χ1n) is 6.77.